The molecule has 2 aromatic heterocycles. The Kier molecular flexibility index (Phi) is 3.86. The molecule has 1 N–H and O–H groups in total. The quantitative estimate of drug-likeness (QED) is 0.599. The fraction of sp³-hybridized carbons (Fsp3) is 0.111. The van der Waals surface area contributed by atoms with Crippen LogP contribution in [0.1, 0.15) is 12.5 Å². The van der Waals surface area contributed by atoms with Crippen molar-refractivity contribution in [3.8, 4) is 11.5 Å². The molecule has 0 bridgehead atoms. The van der Waals surface area contributed by atoms with E-state index >= 15 is 0 Å². The first-order valence-corrected chi connectivity index (χ1v) is 8.85. The zero-order valence-corrected chi connectivity index (χ0v) is 14.8. The molecule has 0 spiro atoms. The maximum atomic E-state index is 12.8. The average Bonchev–Trinajstić information content (AvgIpc) is 3.09. The van der Waals surface area contributed by atoms with Crippen LogP contribution >= 0.6 is 22.9 Å². The van der Waals surface area contributed by atoms with Crippen LogP contribution in [0.4, 0.5) is 0 Å². The molecule has 4 aromatic rings. The number of halogens is 1. The first-order valence-electron chi connectivity index (χ1n) is 7.65. The van der Waals surface area contributed by atoms with E-state index in [-0.39, 0.29) is 16.3 Å². The fourth-order valence-corrected chi connectivity index (χ4v) is 3.91. The number of fused-ring (bicyclic) bond motifs is 3. The van der Waals surface area contributed by atoms with Crippen LogP contribution in [-0.2, 0) is 0 Å². The molecule has 0 aliphatic heterocycles. The molecule has 7 heteroatoms. The average molecular weight is 373 g/mol. The second-order valence-electron chi connectivity index (χ2n) is 5.42. The van der Waals surface area contributed by atoms with E-state index in [2.05, 4.69) is 4.98 Å². The Labute approximate surface area is 151 Å². The van der Waals surface area contributed by atoms with Crippen LogP contribution in [0.3, 0.4) is 0 Å². The maximum absolute atomic E-state index is 12.8. The number of hydrogen-bond acceptors (Lipinski definition) is 5. The minimum Gasteiger partial charge on any atom is -0.503 e. The zero-order chi connectivity index (χ0) is 17.6. The monoisotopic (exact) mass is 372 g/mol. The summed E-state index contributed by atoms with van der Waals surface area (Å²) in [6.45, 7) is 2.22. The van der Waals surface area contributed by atoms with Gasteiger partial charge in [0.05, 0.1) is 27.2 Å². The molecule has 0 radical (unpaired) electrons. The molecule has 5 nitrogen and oxygen atoms in total. The summed E-state index contributed by atoms with van der Waals surface area (Å²) in [5.74, 6) is 0.190. The van der Waals surface area contributed by atoms with Crippen LogP contribution < -0.4 is 14.8 Å². The van der Waals surface area contributed by atoms with Crippen molar-refractivity contribution in [1.29, 1.82) is 0 Å². The number of para-hydroxylation sites is 2. The van der Waals surface area contributed by atoms with Crippen LogP contribution in [0, 0.1) is 0 Å². The Morgan fingerprint density at radius 2 is 2.16 bits per heavy atom. The largest absolute Gasteiger partial charge is 0.503 e. The number of phenols is 1. The first kappa shape index (κ1) is 15.9. The lowest BCUT2D eigenvalue weighted by Crippen LogP contribution is -2.22. The van der Waals surface area contributed by atoms with Crippen LogP contribution in [0.25, 0.3) is 22.1 Å². The summed E-state index contributed by atoms with van der Waals surface area (Å²) < 4.78 is 7.53. The van der Waals surface area contributed by atoms with Gasteiger partial charge in [0.1, 0.15) is 0 Å². The molecule has 0 unspecified atom stereocenters. The molecule has 2 aromatic carbocycles. The van der Waals surface area contributed by atoms with E-state index in [1.165, 1.54) is 11.3 Å². The highest BCUT2D eigenvalue weighted by Crippen LogP contribution is 2.35. The van der Waals surface area contributed by atoms with E-state index in [4.69, 9.17) is 16.3 Å². The van der Waals surface area contributed by atoms with Crippen LogP contribution in [0.5, 0.6) is 11.5 Å². The molecule has 4 rings (SSSR count). The Hall–Kier alpha value is -2.57. The number of aromatic nitrogens is 2. The van der Waals surface area contributed by atoms with E-state index in [0.29, 0.717) is 27.4 Å². The SMILES string of the molecule is CCOc1cc(/C=c2/sc3nc4ccccc4n3c2=O)cc(Cl)c1O. The molecule has 0 atom stereocenters. The number of benzene rings is 2. The topological polar surface area (TPSA) is 63.8 Å². The molecule has 0 amide bonds. The summed E-state index contributed by atoms with van der Waals surface area (Å²) in [5.41, 5.74) is 2.13. The van der Waals surface area contributed by atoms with Gasteiger partial charge in [-0.3, -0.25) is 4.79 Å². The van der Waals surface area contributed by atoms with Crippen LogP contribution in [-0.4, -0.2) is 21.1 Å². The molecular weight excluding hydrogens is 360 g/mol. The standard InChI is InChI=1S/C18H13ClN2O3S/c1-2-24-14-8-10(7-11(19)16(14)22)9-15-17(23)21-13-6-4-3-5-12(13)20-18(21)25-15/h3-9,22H,2H2,1H3/b15-9+. The number of rotatable bonds is 3. The Morgan fingerprint density at radius 3 is 2.96 bits per heavy atom. The number of nitrogens with zero attached hydrogens (tertiary/aromatic N) is 2. The van der Waals surface area contributed by atoms with Crippen LogP contribution in [0.2, 0.25) is 5.02 Å². The molecule has 0 aliphatic rings. The molecule has 126 valence electrons. The number of ether oxygens (including phenoxy) is 1. The molecule has 0 fully saturated rings. The van der Waals surface area contributed by atoms with Gasteiger partial charge in [-0.15, -0.1) is 0 Å². The third-order valence-electron chi connectivity index (χ3n) is 3.79. The fourth-order valence-electron chi connectivity index (χ4n) is 2.71. The van der Waals surface area contributed by atoms with Gasteiger partial charge in [0.2, 0.25) is 0 Å². The second kappa shape index (κ2) is 6.06. The lowest BCUT2D eigenvalue weighted by molar-refractivity contribution is 0.318. The predicted molar refractivity (Wildman–Crippen MR) is 99.9 cm³/mol. The molecule has 25 heavy (non-hydrogen) atoms. The normalized spacial score (nSPS) is 12.3. The second-order valence-corrected chi connectivity index (χ2v) is 6.83. The maximum Gasteiger partial charge on any atom is 0.274 e. The highest BCUT2D eigenvalue weighted by molar-refractivity contribution is 7.15. The smallest absolute Gasteiger partial charge is 0.274 e. The highest BCUT2D eigenvalue weighted by Gasteiger charge is 2.12. The molecule has 2 heterocycles. The van der Waals surface area contributed by atoms with Crippen molar-refractivity contribution in [1.82, 2.24) is 9.38 Å². The van der Waals surface area contributed by atoms with Crippen molar-refractivity contribution in [3.63, 3.8) is 0 Å². The van der Waals surface area contributed by atoms with E-state index in [1.54, 1.807) is 22.6 Å². The number of phenolic OH excluding ortho intramolecular Hbond substituents is 1. The van der Waals surface area contributed by atoms with Gasteiger partial charge in [-0.2, -0.15) is 0 Å². The summed E-state index contributed by atoms with van der Waals surface area (Å²) in [6.07, 6.45) is 1.73. The van der Waals surface area contributed by atoms with E-state index in [1.807, 2.05) is 31.2 Å². The Morgan fingerprint density at radius 1 is 1.36 bits per heavy atom. The van der Waals surface area contributed by atoms with Crippen molar-refractivity contribution < 1.29 is 9.84 Å². The van der Waals surface area contributed by atoms with Crippen LogP contribution in [0.15, 0.2) is 41.2 Å². The number of hydrogen-bond donors (Lipinski definition) is 1. The number of aromatic hydroxyl groups is 1. The Balaban J connectivity index is 1.93. The van der Waals surface area contributed by atoms with Gasteiger partial charge in [0.15, 0.2) is 16.5 Å². The summed E-state index contributed by atoms with van der Waals surface area (Å²) in [5, 5.41) is 10.1. The molecule has 0 aliphatic carbocycles. The summed E-state index contributed by atoms with van der Waals surface area (Å²) in [7, 11) is 0. The van der Waals surface area contributed by atoms with Gasteiger partial charge in [-0.05, 0) is 42.8 Å². The minimum atomic E-state index is -0.129. The number of thiazole rings is 1. The van der Waals surface area contributed by atoms with Crippen molar-refractivity contribution in [2.24, 2.45) is 0 Å². The van der Waals surface area contributed by atoms with E-state index in [9.17, 15) is 9.90 Å². The predicted octanol–water partition coefficient (Wildman–Crippen LogP) is 3.21. The molecule has 0 saturated carbocycles. The highest BCUT2D eigenvalue weighted by atomic mass is 35.5. The number of imidazole rings is 1. The lowest BCUT2D eigenvalue weighted by Gasteiger charge is -2.08. The minimum absolute atomic E-state index is 0.102. The molecular formula is C18H13ClN2O3S. The third-order valence-corrected chi connectivity index (χ3v) is 5.05. The summed E-state index contributed by atoms with van der Waals surface area (Å²) in [4.78, 5) is 17.9. The molecule has 0 saturated heterocycles. The van der Waals surface area contributed by atoms with Crippen molar-refractivity contribution in [2.75, 3.05) is 6.61 Å². The summed E-state index contributed by atoms with van der Waals surface area (Å²) in [6, 6.07) is 10.8. The zero-order valence-electron chi connectivity index (χ0n) is 13.2. The van der Waals surface area contributed by atoms with Gasteiger partial charge in [0, 0.05) is 0 Å². The van der Waals surface area contributed by atoms with Gasteiger partial charge in [0.25, 0.3) is 5.56 Å². The van der Waals surface area contributed by atoms with Crippen molar-refractivity contribution in [3.05, 3.63) is 61.9 Å². The Bertz CT molecular complexity index is 1210. The van der Waals surface area contributed by atoms with Gasteiger partial charge < -0.3 is 9.84 Å². The van der Waals surface area contributed by atoms with Crippen molar-refractivity contribution in [2.45, 2.75) is 6.92 Å². The van der Waals surface area contributed by atoms with Crippen molar-refractivity contribution >= 4 is 45.0 Å². The van der Waals surface area contributed by atoms with Gasteiger partial charge in [-0.25, -0.2) is 9.38 Å². The van der Waals surface area contributed by atoms with E-state index < -0.39 is 0 Å². The lowest BCUT2D eigenvalue weighted by atomic mass is 10.2. The summed E-state index contributed by atoms with van der Waals surface area (Å²) >= 11 is 7.37. The first-order chi connectivity index (χ1) is 12.1. The van der Waals surface area contributed by atoms with Gasteiger partial charge >= 0.3 is 0 Å². The van der Waals surface area contributed by atoms with Gasteiger partial charge in [-0.1, -0.05) is 35.1 Å². The third kappa shape index (κ3) is 2.63. The van der Waals surface area contributed by atoms with E-state index in [0.717, 1.165) is 11.0 Å².